The van der Waals surface area contributed by atoms with Crippen LogP contribution in [0.2, 0.25) is 0 Å². The van der Waals surface area contributed by atoms with Crippen molar-refractivity contribution < 1.29 is 24.2 Å². The Labute approximate surface area is 270 Å². The van der Waals surface area contributed by atoms with E-state index in [4.69, 9.17) is 9.47 Å². The minimum atomic E-state index is -0.924. The molecule has 7 heteroatoms. The first-order valence-electron chi connectivity index (χ1n) is 14.1. The lowest BCUT2D eigenvalue weighted by Gasteiger charge is -2.22. The first-order chi connectivity index (χ1) is 20.2. The van der Waals surface area contributed by atoms with Crippen molar-refractivity contribution in [3.63, 3.8) is 0 Å². The lowest BCUT2D eigenvalue weighted by Crippen LogP contribution is -2.22. The van der Waals surface area contributed by atoms with E-state index in [-0.39, 0.29) is 23.7 Å². The van der Waals surface area contributed by atoms with Crippen LogP contribution in [0.15, 0.2) is 81.7 Å². The third-order valence-electron chi connectivity index (χ3n) is 6.76. The van der Waals surface area contributed by atoms with Crippen LogP contribution in [0.3, 0.4) is 0 Å². The number of carbonyl (C=O) groups is 2. The number of aryl methyl sites for hydroxylation is 1. The Morgan fingerprint density at radius 3 is 2.09 bits per heavy atom. The number of aliphatic carboxylic acids is 1. The maximum absolute atomic E-state index is 14.0. The zero-order valence-corrected chi connectivity index (χ0v) is 28.4. The minimum absolute atomic E-state index is 0.121. The lowest BCUT2D eigenvalue weighted by atomic mass is 9.89. The number of hydrogen-bond acceptors (Lipinski definition) is 4. The van der Waals surface area contributed by atoms with E-state index in [1.54, 1.807) is 12.1 Å². The molecule has 0 aliphatic rings. The number of hydrogen-bond donors (Lipinski definition) is 1. The van der Waals surface area contributed by atoms with Crippen molar-refractivity contribution in [1.82, 2.24) is 0 Å². The molecule has 0 spiro atoms. The summed E-state index contributed by atoms with van der Waals surface area (Å²) in [5.41, 5.74) is 5.56. The second-order valence-corrected chi connectivity index (χ2v) is 13.7. The number of benzene rings is 4. The molecule has 0 saturated carbocycles. The average Bonchev–Trinajstić information content (AvgIpc) is 2.90. The number of halogens is 2. The van der Waals surface area contributed by atoms with Crippen LogP contribution >= 0.6 is 31.9 Å². The van der Waals surface area contributed by atoms with Crippen molar-refractivity contribution in [2.24, 2.45) is 0 Å². The molecule has 0 amide bonds. The van der Waals surface area contributed by atoms with E-state index in [1.165, 1.54) is 0 Å². The summed E-state index contributed by atoms with van der Waals surface area (Å²) in [5, 5.41) is 9.25. The van der Waals surface area contributed by atoms with Gasteiger partial charge in [-0.1, -0.05) is 49.7 Å². The molecule has 0 aliphatic heterocycles. The normalized spacial score (nSPS) is 11.5. The smallest absolute Gasteiger partial charge is 0.307 e. The molecule has 1 N–H and O–H groups in total. The Kier molecular flexibility index (Phi) is 10.2. The summed E-state index contributed by atoms with van der Waals surface area (Å²) >= 11 is 7.10. The molecule has 0 unspecified atom stereocenters. The summed E-state index contributed by atoms with van der Waals surface area (Å²) in [4.78, 5) is 25.3. The van der Waals surface area contributed by atoms with Gasteiger partial charge in [0.25, 0.3) is 0 Å². The van der Waals surface area contributed by atoms with Gasteiger partial charge in [0.1, 0.15) is 17.1 Å². The highest BCUT2D eigenvalue weighted by molar-refractivity contribution is 9.11. The quantitative estimate of drug-likeness (QED) is 0.166. The molecular weight excluding hydrogens is 672 g/mol. The Bertz CT molecular complexity index is 1630. The Balaban J connectivity index is 1.81. The van der Waals surface area contributed by atoms with Crippen LogP contribution in [0.4, 0.5) is 0 Å². The monoisotopic (exact) mass is 706 g/mol. The first kappa shape index (κ1) is 32.5. The Morgan fingerprint density at radius 1 is 0.884 bits per heavy atom. The summed E-state index contributed by atoms with van der Waals surface area (Å²) in [6, 6.07) is 23.0. The van der Waals surface area contributed by atoms with E-state index in [0.29, 0.717) is 43.6 Å². The Hall–Kier alpha value is -3.42. The predicted molar refractivity (Wildman–Crippen MR) is 178 cm³/mol. The van der Waals surface area contributed by atoms with E-state index in [0.717, 1.165) is 28.0 Å². The van der Waals surface area contributed by atoms with Gasteiger partial charge < -0.3 is 14.6 Å². The maximum atomic E-state index is 14.0. The molecule has 0 aliphatic carbocycles. The van der Waals surface area contributed by atoms with Gasteiger partial charge in [-0.3, -0.25) is 9.59 Å². The highest BCUT2D eigenvalue weighted by Crippen LogP contribution is 2.41. The number of rotatable bonds is 10. The lowest BCUT2D eigenvalue weighted by molar-refractivity contribution is -0.136. The van der Waals surface area contributed by atoms with Crippen LogP contribution in [0.25, 0.3) is 0 Å². The van der Waals surface area contributed by atoms with Crippen molar-refractivity contribution >= 4 is 43.6 Å². The van der Waals surface area contributed by atoms with Crippen molar-refractivity contribution in [2.45, 2.75) is 65.9 Å². The molecule has 4 rings (SSSR count). The van der Waals surface area contributed by atoms with Gasteiger partial charge in [-0.05, 0) is 137 Å². The topological polar surface area (TPSA) is 72.8 Å². The maximum Gasteiger partial charge on any atom is 0.307 e. The predicted octanol–water partition coefficient (Wildman–Crippen LogP) is 10.1. The van der Waals surface area contributed by atoms with Crippen LogP contribution in [0.5, 0.6) is 17.2 Å². The molecule has 224 valence electrons. The van der Waals surface area contributed by atoms with Crippen molar-refractivity contribution in [3.8, 4) is 17.2 Å². The molecule has 0 heterocycles. The third kappa shape index (κ3) is 8.58. The van der Waals surface area contributed by atoms with Gasteiger partial charge in [0, 0.05) is 5.56 Å². The van der Waals surface area contributed by atoms with E-state index in [9.17, 15) is 14.7 Å². The molecule has 0 saturated heterocycles. The standard InChI is InChI=1S/C36H36Br2O5/c1-21(2)28-20-32(42-35-30(37)16-24(17-31(35)38)18-33(39)40)29(34(41)25-9-7-8-22(3)14-25)19-26(28)15-23-10-12-27(13-11-23)43-36(4,5)6/h7-14,16-17,19-21H,15,18H2,1-6H3,(H,39,40). The van der Waals surface area contributed by atoms with E-state index >= 15 is 0 Å². The average molecular weight is 708 g/mol. The van der Waals surface area contributed by atoms with E-state index in [2.05, 4.69) is 57.8 Å². The van der Waals surface area contributed by atoms with Crippen molar-refractivity contribution in [3.05, 3.63) is 121 Å². The molecule has 4 aromatic carbocycles. The molecule has 43 heavy (non-hydrogen) atoms. The molecule has 0 fully saturated rings. The van der Waals surface area contributed by atoms with Gasteiger partial charge >= 0.3 is 5.97 Å². The van der Waals surface area contributed by atoms with Gasteiger partial charge in [-0.2, -0.15) is 0 Å². The van der Waals surface area contributed by atoms with Crippen molar-refractivity contribution in [1.29, 1.82) is 0 Å². The fraction of sp³-hybridized carbons (Fsp3) is 0.278. The molecular formula is C36H36Br2O5. The summed E-state index contributed by atoms with van der Waals surface area (Å²) in [6.45, 7) is 12.3. The van der Waals surface area contributed by atoms with Crippen LogP contribution in [-0.2, 0) is 17.6 Å². The number of carboxylic acids is 1. The molecule has 0 aromatic heterocycles. The SMILES string of the molecule is Cc1cccc(C(=O)c2cc(Cc3ccc(OC(C)(C)C)cc3)c(C(C)C)cc2Oc2c(Br)cc(CC(=O)O)cc2Br)c1. The molecule has 0 radical (unpaired) electrons. The third-order valence-corrected chi connectivity index (χ3v) is 7.93. The number of ketones is 1. The molecule has 0 bridgehead atoms. The fourth-order valence-electron chi connectivity index (χ4n) is 4.88. The Morgan fingerprint density at radius 2 is 1.53 bits per heavy atom. The van der Waals surface area contributed by atoms with Gasteiger partial charge in [-0.15, -0.1) is 0 Å². The second-order valence-electron chi connectivity index (χ2n) is 12.0. The minimum Gasteiger partial charge on any atom is -0.488 e. The summed E-state index contributed by atoms with van der Waals surface area (Å²) in [6.07, 6.45) is 0.513. The molecule has 0 atom stereocenters. The van der Waals surface area contributed by atoms with Gasteiger partial charge in [0.2, 0.25) is 0 Å². The zero-order chi connectivity index (χ0) is 31.5. The zero-order valence-electron chi connectivity index (χ0n) is 25.3. The second kappa shape index (κ2) is 13.5. The number of carboxylic acid groups (broad SMARTS) is 1. The highest BCUT2D eigenvalue weighted by Gasteiger charge is 2.23. The van der Waals surface area contributed by atoms with Crippen LogP contribution in [0.1, 0.15) is 84.3 Å². The summed E-state index contributed by atoms with van der Waals surface area (Å²) in [5.74, 6) is 0.800. The summed E-state index contributed by atoms with van der Waals surface area (Å²) < 4.78 is 13.6. The van der Waals surface area contributed by atoms with Gasteiger partial charge in [0.15, 0.2) is 11.5 Å². The van der Waals surface area contributed by atoms with E-state index in [1.807, 2.05) is 76.2 Å². The number of ether oxygens (including phenoxy) is 2. The molecule has 4 aromatic rings. The van der Waals surface area contributed by atoms with Gasteiger partial charge in [0.05, 0.1) is 20.9 Å². The van der Waals surface area contributed by atoms with Crippen LogP contribution in [0, 0.1) is 6.92 Å². The number of carbonyl (C=O) groups excluding carboxylic acids is 1. The van der Waals surface area contributed by atoms with Gasteiger partial charge in [-0.25, -0.2) is 0 Å². The largest absolute Gasteiger partial charge is 0.488 e. The molecule has 5 nitrogen and oxygen atoms in total. The van der Waals surface area contributed by atoms with E-state index < -0.39 is 5.97 Å². The van der Waals surface area contributed by atoms with Crippen LogP contribution in [-0.4, -0.2) is 22.5 Å². The first-order valence-corrected chi connectivity index (χ1v) is 15.7. The highest BCUT2D eigenvalue weighted by atomic mass is 79.9. The fourth-order valence-corrected chi connectivity index (χ4v) is 6.32. The van der Waals surface area contributed by atoms with Crippen LogP contribution < -0.4 is 9.47 Å². The van der Waals surface area contributed by atoms with Crippen molar-refractivity contribution in [2.75, 3.05) is 0 Å². The summed E-state index contributed by atoms with van der Waals surface area (Å²) in [7, 11) is 0.